The van der Waals surface area contributed by atoms with Crippen molar-refractivity contribution in [3.8, 4) is 0 Å². The number of morpholine rings is 1. The normalized spacial score (nSPS) is 31.2. The van der Waals surface area contributed by atoms with Crippen LogP contribution in [0.4, 0.5) is 0 Å². The minimum absolute atomic E-state index is 0.207. The van der Waals surface area contributed by atoms with E-state index in [0.29, 0.717) is 0 Å². The van der Waals surface area contributed by atoms with Crippen LogP contribution in [-0.4, -0.2) is 25.3 Å². The van der Waals surface area contributed by atoms with Gasteiger partial charge in [0.15, 0.2) is 0 Å². The Morgan fingerprint density at radius 3 is 2.60 bits per heavy atom. The van der Waals surface area contributed by atoms with Crippen molar-refractivity contribution >= 4 is 0 Å². The van der Waals surface area contributed by atoms with Crippen molar-refractivity contribution in [1.29, 1.82) is 0 Å². The molecule has 1 aliphatic heterocycles. The summed E-state index contributed by atoms with van der Waals surface area (Å²) in [6.07, 6.45) is 5.18. The molecule has 1 heterocycles. The maximum absolute atomic E-state index is 5.73. The zero-order chi connectivity index (χ0) is 6.86. The van der Waals surface area contributed by atoms with E-state index in [4.69, 9.17) is 4.74 Å². The lowest BCUT2D eigenvalue weighted by atomic mass is 10.0. The highest BCUT2D eigenvalue weighted by Crippen LogP contribution is 2.33. The predicted molar refractivity (Wildman–Crippen MR) is 39.0 cm³/mol. The molecule has 1 saturated carbocycles. The maximum Gasteiger partial charge on any atom is 0.0823 e. The van der Waals surface area contributed by atoms with Gasteiger partial charge >= 0.3 is 0 Å². The van der Waals surface area contributed by atoms with Gasteiger partial charge in [-0.3, -0.25) is 0 Å². The first-order chi connectivity index (χ1) is 4.91. The molecule has 2 aliphatic rings. The summed E-state index contributed by atoms with van der Waals surface area (Å²) in [6.45, 7) is 2.74. The molecule has 2 nitrogen and oxygen atoms in total. The smallest absolute Gasteiger partial charge is 0.0823 e. The summed E-state index contributed by atoms with van der Waals surface area (Å²) in [7, 11) is 0. The van der Waals surface area contributed by atoms with Crippen molar-refractivity contribution in [1.82, 2.24) is 5.32 Å². The number of hydrogen-bond donors (Lipinski definition) is 0. The molecule has 0 aromatic heterocycles. The van der Waals surface area contributed by atoms with Gasteiger partial charge < -0.3 is 4.74 Å². The Morgan fingerprint density at radius 1 is 1.20 bits per heavy atom. The summed E-state index contributed by atoms with van der Waals surface area (Å²) in [4.78, 5) is 0. The summed E-state index contributed by atoms with van der Waals surface area (Å²) < 4.78 is 5.73. The first kappa shape index (κ1) is 6.62. The standard InChI is InChI=1S/C8H14NO/c1-2-4-8(3-1)7-9-5-6-10-8/h1-7H2. The fourth-order valence-electron chi connectivity index (χ4n) is 1.98. The van der Waals surface area contributed by atoms with Crippen molar-refractivity contribution in [2.75, 3.05) is 19.7 Å². The van der Waals surface area contributed by atoms with E-state index >= 15 is 0 Å². The van der Waals surface area contributed by atoms with Crippen molar-refractivity contribution in [3.05, 3.63) is 0 Å². The lowest BCUT2D eigenvalue weighted by Crippen LogP contribution is -2.44. The average molecular weight is 140 g/mol. The van der Waals surface area contributed by atoms with Crippen LogP contribution in [0.2, 0.25) is 0 Å². The molecule has 0 amide bonds. The first-order valence-electron chi connectivity index (χ1n) is 4.19. The molecule has 0 unspecified atom stereocenters. The molecule has 10 heavy (non-hydrogen) atoms. The van der Waals surface area contributed by atoms with Crippen LogP contribution in [-0.2, 0) is 4.74 Å². The molecule has 57 valence electrons. The lowest BCUT2D eigenvalue weighted by molar-refractivity contribution is -0.0616. The Labute approximate surface area is 61.9 Å². The van der Waals surface area contributed by atoms with E-state index in [1.54, 1.807) is 0 Å². The van der Waals surface area contributed by atoms with E-state index in [0.717, 1.165) is 19.7 Å². The van der Waals surface area contributed by atoms with Crippen LogP contribution in [0, 0.1) is 0 Å². The SMILES string of the molecule is C1CCC2(C1)C[N]CCO2. The van der Waals surface area contributed by atoms with Crippen LogP contribution in [0.15, 0.2) is 0 Å². The highest BCUT2D eigenvalue weighted by atomic mass is 16.5. The maximum atomic E-state index is 5.73. The minimum atomic E-state index is 0.207. The molecule has 0 N–H and O–H groups in total. The third-order valence-corrected chi connectivity index (χ3v) is 2.57. The molecule has 2 rings (SSSR count). The Balaban J connectivity index is 1.98. The molecule has 1 spiro atoms. The average Bonchev–Trinajstić information content (AvgIpc) is 2.39. The quantitative estimate of drug-likeness (QED) is 0.491. The third kappa shape index (κ3) is 1.06. The van der Waals surface area contributed by atoms with Gasteiger partial charge in [0.1, 0.15) is 0 Å². The largest absolute Gasteiger partial charge is 0.372 e. The van der Waals surface area contributed by atoms with Gasteiger partial charge in [0.2, 0.25) is 0 Å². The summed E-state index contributed by atoms with van der Waals surface area (Å²) in [5.41, 5.74) is 0.207. The number of rotatable bonds is 0. The van der Waals surface area contributed by atoms with Gasteiger partial charge in [0.05, 0.1) is 12.2 Å². The second-order valence-corrected chi connectivity index (χ2v) is 3.34. The van der Waals surface area contributed by atoms with E-state index in [1.807, 2.05) is 0 Å². The third-order valence-electron chi connectivity index (χ3n) is 2.57. The van der Waals surface area contributed by atoms with Gasteiger partial charge in [-0.25, -0.2) is 5.32 Å². The molecular formula is C8H14NO. The van der Waals surface area contributed by atoms with Gasteiger partial charge in [0, 0.05) is 13.1 Å². The Bertz CT molecular complexity index is 110. The van der Waals surface area contributed by atoms with Crippen molar-refractivity contribution < 1.29 is 4.74 Å². The predicted octanol–water partition coefficient (Wildman–Crippen LogP) is 0.934. The summed E-state index contributed by atoms with van der Waals surface area (Å²) in [5.74, 6) is 0. The van der Waals surface area contributed by atoms with E-state index in [2.05, 4.69) is 5.32 Å². The van der Waals surface area contributed by atoms with E-state index in [-0.39, 0.29) is 5.60 Å². The molecule has 1 radical (unpaired) electrons. The fourth-order valence-corrected chi connectivity index (χ4v) is 1.98. The molecule has 0 aromatic carbocycles. The molecule has 1 aliphatic carbocycles. The molecule has 0 bridgehead atoms. The first-order valence-corrected chi connectivity index (χ1v) is 4.19. The van der Waals surface area contributed by atoms with Gasteiger partial charge in [-0.15, -0.1) is 0 Å². The monoisotopic (exact) mass is 140 g/mol. The molecule has 0 atom stereocenters. The van der Waals surface area contributed by atoms with Crippen LogP contribution in [0.5, 0.6) is 0 Å². The highest BCUT2D eigenvalue weighted by molar-refractivity contribution is 4.90. The summed E-state index contributed by atoms with van der Waals surface area (Å²) >= 11 is 0. The van der Waals surface area contributed by atoms with Crippen LogP contribution in [0.3, 0.4) is 0 Å². The minimum Gasteiger partial charge on any atom is -0.372 e. The zero-order valence-electron chi connectivity index (χ0n) is 6.31. The molecule has 0 aromatic rings. The molecule has 2 heteroatoms. The van der Waals surface area contributed by atoms with E-state index in [9.17, 15) is 0 Å². The Morgan fingerprint density at radius 2 is 2.00 bits per heavy atom. The second kappa shape index (κ2) is 2.51. The van der Waals surface area contributed by atoms with Gasteiger partial charge in [-0.2, -0.15) is 0 Å². The molecular weight excluding hydrogens is 126 g/mol. The zero-order valence-corrected chi connectivity index (χ0v) is 6.31. The molecule has 2 fully saturated rings. The van der Waals surface area contributed by atoms with Crippen LogP contribution >= 0.6 is 0 Å². The van der Waals surface area contributed by atoms with Gasteiger partial charge in [-0.1, -0.05) is 12.8 Å². The van der Waals surface area contributed by atoms with Crippen molar-refractivity contribution in [2.45, 2.75) is 31.3 Å². The van der Waals surface area contributed by atoms with E-state index < -0.39 is 0 Å². The van der Waals surface area contributed by atoms with Crippen molar-refractivity contribution in [2.24, 2.45) is 0 Å². The van der Waals surface area contributed by atoms with Gasteiger partial charge in [0.25, 0.3) is 0 Å². The van der Waals surface area contributed by atoms with Crippen LogP contribution in [0.25, 0.3) is 0 Å². The number of nitrogens with zero attached hydrogens (tertiary/aromatic N) is 1. The summed E-state index contributed by atoms with van der Waals surface area (Å²) in [5, 5.41) is 4.39. The number of ether oxygens (including phenoxy) is 1. The van der Waals surface area contributed by atoms with Gasteiger partial charge in [-0.05, 0) is 12.8 Å². The Kier molecular flexibility index (Phi) is 1.66. The summed E-state index contributed by atoms with van der Waals surface area (Å²) in [6, 6.07) is 0. The highest BCUT2D eigenvalue weighted by Gasteiger charge is 2.36. The van der Waals surface area contributed by atoms with E-state index in [1.165, 1.54) is 25.7 Å². The Hall–Kier alpha value is -0.0800. The topological polar surface area (TPSA) is 23.3 Å². The second-order valence-electron chi connectivity index (χ2n) is 3.34. The fraction of sp³-hybridized carbons (Fsp3) is 1.00. The lowest BCUT2D eigenvalue weighted by Gasteiger charge is -2.32. The number of hydrogen-bond acceptors (Lipinski definition) is 1. The van der Waals surface area contributed by atoms with Crippen LogP contribution < -0.4 is 5.32 Å². The van der Waals surface area contributed by atoms with Crippen molar-refractivity contribution in [3.63, 3.8) is 0 Å². The molecule has 1 saturated heterocycles. The van der Waals surface area contributed by atoms with Crippen LogP contribution in [0.1, 0.15) is 25.7 Å².